The number of thioether (sulfide) groups is 1. The highest BCUT2D eigenvalue weighted by Crippen LogP contribution is 2.37. The summed E-state index contributed by atoms with van der Waals surface area (Å²) < 4.78 is 5.16. The van der Waals surface area contributed by atoms with Gasteiger partial charge < -0.3 is 9.84 Å². The summed E-state index contributed by atoms with van der Waals surface area (Å²) in [6.07, 6.45) is 3.47. The van der Waals surface area contributed by atoms with Gasteiger partial charge >= 0.3 is 0 Å². The molecule has 0 spiro atoms. The third kappa shape index (κ3) is 2.48. The first-order chi connectivity index (χ1) is 9.29. The predicted octanol–water partition coefficient (Wildman–Crippen LogP) is 2.42. The summed E-state index contributed by atoms with van der Waals surface area (Å²) in [6.45, 7) is 0. The molecule has 1 aliphatic heterocycles. The Labute approximate surface area is 119 Å². The number of thiophene rings is 1. The van der Waals surface area contributed by atoms with Crippen LogP contribution >= 0.6 is 23.1 Å². The first kappa shape index (κ1) is 12.9. The number of aliphatic hydroxyl groups is 1. The summed E-state index contributed by atoms with van der Waals surface area (Å²) in [4.78, 5) is 10.6. The molecule has 0 fully saturated rings. The van der Waals surface area contributed by atoms with Gasteiger partial charge in [0, 0.05) is 27.9 Å². The van der Waals surface area contributed by atoms with Crippen LogP contribution in [0.5, 0.6) is 5.88 Å². The van der Waals surface area contributed by atoms with E-state index in [9.17, 15) is 5.11 Å². The first-order valence-corrected chi connectivity index (χ1v) is 7.99. The molecule has 0 amide bonds. The van der Waals surface area contributed by atoms with Crippen LogP contribution < -0.4 is 4.74 Å². The molecule has 3 rings (SSSR count). The Morgan fingerprint density at radius 3 is 3.00 bits per heavy atom. The van der Waals surface area contributed by atoms with Gasteiger partial charge in [0.15, 0.2) is 0 Å². The second-order valence-electron chi connectivity index (χ2n) is 4.25. The monoisotopic (exact) mass is 294 g/mol. The zero-order valence-corrected chi connectivity index (χ0v) is 12.1. The van der Waals surface area contributed by atoms with E-state index < -0.39 is 6.10 Å². The van der Waals surface area contributed by atoms with Gasteiger partial charge in [0.2, 0.25) is 5.88 Å². The number of nitrogens with zero attached hydrogens (tertiary/aromatic N) is 2. The van der Waals surface area contributed by atoms with Gasteiger partial charge in [-0.05, 0) is 23.8 Å². The lowest BCUT2D eigenvalue weighted by Crippen LogP contribution is -2.04. The van der Waals surface area contributed by atoms with Gasteiger partial charge in [-0.15, -0.1) is 11.3 Å². The predicted molar refractivity (Wildman–Crippen MR) is 76.8 cm³/mol. The van der Waals surface area contributed by atoms with Crippen molar-refractivity contribution >= 4 is 23.1 Å². The summed E-state index contributed by atoms with van der Waals surface area (Å²) in [7, 11) is 1.54. The van der Waals surface area contributed by atoms with Gasteiger partial charge in [-0.3, -0.25) is 4.98 Å². The van der Waals surface area contributed by atoms with Gasteiger partial charge in [-0.25, -0.2) is 4.98 Å². The fourth-order valence-corrected chi connectivity index (χ4v) is 4.49. The molecule has 1 unspecified atom stereocenters. The van der Waals surface area contributed by atoms with Crippen LogP contribution in [0.3, 0.4) is 0 Å². The maximum Gasteiger partial charge on any atom is 0.238 e. The van der Waals surface area contributed by atoms with E-state index in [1.165, 1.54) is 17.6 Å². The van der Waals surface area contributed by atoms with E-state index in [0.717, 1.165) is 22.8 Å². The lowest BCUT2D eigenvalue weighted by atomic mass is 10.1. The molecule has 2 aromatic rings. The lowest BCUT2D eigenvalue weighted by Gasteiger charge is -2.10. The van der Waals surface area contributed by atoms with Gasteiger partial charge in [0.05, 0.1) is 7.11 Å². The number of aryl methyl sites for hydroxylation is 1. The van der Waals surface area contributed by atoms with Crippen molar-refractivity contribution in [1.29, 1.82) is 0 Å². The fraction of sp³-hybridized carbons (Fsp3) is 0.385. The van der Waals surface area contributed by atoms with Crippen LogP contribution in [0.1, 0.15) is 27.1 Å². The zero-order chi connectivity index (χ0) is 13.2. The Hall–Kier alpha value is -1.11. The fourth-order valence-electron chi connectivity index (χ4n) is 2.12. The largest absolute Gasteiger partial charge is 0.480 e. The quantitative estimate of drug-likeness (QED) is 0.942. The minimum atomic E-state index is -0.760. The summed E-state index contributed by atoms with van der Waals surface area (Å²) in [6, 6.07) is 2.09. The molecule has 2 aromatic heterocycles. The summed E-state index contributed by atoms with van der Waals surface area (Å²) in [5.74, 6) is 2.59. The number of hydrogen-bond acceptors (Lipinski definition) is 6. The van der Waals surface area contributed by atoms with Gasteiger partial charge in [0.1, 0.15) is 11.8 Å². The molecule has 0 saturated carbocycles. The molecule has 1 aliphatic rings. The Morgan fingerprint density at radius 2 is 2.21 bits per heavy atom. The molecule has 0 saturated heterocycles. The van der Waals surface area contributed by atoms with Crippen LogP contribution in [-0.2, 0) is 12.2 Å². The van der Waals surface area contributed by atoms with E-state index in [1.54, 1.807) is 23.7 Å². The molecule has 1 N–H and O–H groups in total. The number of ether oxygens (including phenoxy) is 1. The van der Waals surface area contributed by atoms with E-state index in [1.807, 2.05) is 11.8 Å². The van der Waals surface area contributed by atoms with Gasteiger partial charge in [-0.2, -0.15) is 11.8 Å². The van der Waals surface area contributed by atoms with Crippen LogP contribution in [0, 0.1) is 0 Å². The molecule has 0 radical (unpaired) electrons. The van der Waals surface area contributed by atoms with Crippen molar-refractivity contribution in [2.75, 3.05) is 12.9 Å². The summed E-state index contributed by atoms with van der Waals surface area (Å²) in [5, 5.41) is 10.5. The molecule has 19 heavy (non-hydrogen) atoms. The number of aromatic nitrogens is 2. The molecular formula is C13H14N2O2S2. The van der Waals surface area contributed by atoms with E-state index >= 15 is 0 Å². The van der Waals surface area contributed by atoms with Crippen LogP contribution in [0.2, 0.25) is 0 Å². The highest BCUT2D eigenvalue weighted by molar-refractivity contribution is 7.98. The maximum atomic E-state index is 10.5. The summed E-state index contributed by atoms with van der Waals surface area (Å²) >= 11 is 3.61. The van der Waals surface area contributed by atoms with Crippen LogP contribution in [0.4, 0.5) is 0 Å². The maximum absolute atomic E-state index is 10.5. The third-order valence-electron chi connectivity index (χ3n) is 3.06. The molecule has 100 valence electrons. The molecular weight excluding hydrogens is 280 g/mol. The van der Waals surface area contributed by atoms with Crippen LogP contribution in [-0.4, -0.2) is 27.9 Å². The highest BCUT2D eigenvalue weighted by Gasteiger charge is 2.22. The standard InChI is InChI=1S/C13H14N2O2S2/c1-17-13-11(14-3-4-15-13)12(16)10-6-8-7-18-5-2-9(8)19-10/h3-4,6,12,16H,2,5,7H2,1H3. The van der Waals surface area contributed by atoms with Crippen molar-refractivity contribution in [1.82, 2.24) is 9.97 Å². The summed E-state index contributed by atoms with van der Waals surface area (Å²) in [5.41, 5.74) is 1.83. The molecule has 1 atom stereocenters. The van der Waals surface area contributed by atoms with Gasteiger partial charge in [0.25, 0.3) is 0 Å². The molecule has 6 heteroatoms. The third-order valence-corrected chi connectivity index (χ3v) is 5.36. The van der Waals surface area contributed by atoms with Crippen molar-refractivity contribution in [3.8, 4) is 5.88 Å². The van der Waals surface area contributed by atoms with Crippen molar-refractivity contribution < 1.29 is 9.84 Å². The Balaban J connectivity index is 1.95. The second-order valence-corrected chi connectivity index (χ2v) is 6.53. The number of aliphatic hydroxyl groups excluding tert-OH is 1. The normalized spacial score (nSPS) is 15.9. The Kier molecular flexibility index (Phi) is 3.72. The van der Waals surface area contributed by atoms with Crippen molar-refractivity contribution in [2.24, 2.45) is 0 Å². The SMILES string of the molecule is COc1nccnc1C(O)c1cc2c(s1)CCSC2. The zero-order valence-electron chi connectivity index (χ0n) is 10.5. The van der Waals surface area contributed by atoms with E-state index in [-0.39, 0.29) is 0 Å². The second kappa shape index (κ2) is 5.48. The Bertz CT molecular complexity index is 562. The lowest BCUT2D eigenvalue weighted by molar-refractivity contribution is 0.211. The van der Waals surface area contributed by atoms with Crippen LogP contribution in [0.15, 0.2) is 18.5 Å². The average Bonchev–Trinajstić information content (AvgIpc) is 2.90. The topological polar surface area (TPSA) is 55.2 Å². The molecule has 4 nitrogen and oxygen atoms in total. The van der Waals surface area contributed by atoms with Crippen LogP contribution in [0.25, 0.3) is 0 Å². The number of methoxy groups -OCH3 is 1. The molecule has 0 aliphatic carbocycles. The molecule has 0 aromatic carbocycles. The first-order valence-electron chi connectivity index (χ1n) is 6.01. The molecule has 0 bridgehead atoms. The van der Waals surface area contributed by atoms with E-state index in [4.69, 9.17) is 4.74 Å². The van der Waals surface area contributed by atoms with Crippen molar-refractivity contribution in [3.63, 3.8) is 0 Å². The van der Waals surface area contributed by atoms with Crippen molar-refractivity contribution in [3.05, 3.63) is 39.5 Å². The highest BCUT2D eigenvalue weighted by atomic mass is 32.2. The minimum absolute atomic E-state index is 0.385. The Morgan fingerprint density at radius 1 is 1.37 bits per heavy atom. The van der Waals surface area contributed by atoms with E-state index in [0.29, 0.717) is 11.6 Å². The number of rotatable bonds is 3. The minimum Gasteiger partial charge on any atom is -0.480 e. The van der Waals surface area contributed by atoms with Gasteiger partial charge in [-0.1, -0.05) is 0 Å². The molecule has 3 heterocycles. The smallest absolute Gasteiger partial charge is 0.238 e. The average molecular weight is 294 g/mol. The number of fused-ring (bicyclic) bond motifs is 1. The van der Waals surface area contributed by atoms with Crippen molar-refractivity contribution in [2.45, 2.75) is 18.3 Å². The number of hydrogen-bond donors (Lipinski definition) is 1. The van der Waals surface area contributed by atoms with E-state index in [2.05, 4.69) is 16.0 Å².